The summed E-state index contributed by atoms with van der Waals surface area (Å²) in [6.07, 6.45) is 0.240. The molecule has 0 spiro atoms. The molecule has 0 unspecified atom stereocenters. The molecule has 0 aliphatic carbocycles. The van der Waals surface area contributed by atoms with Crippen molar-refractivity contribution >= 4 is 17.5 Å². The van der Waals surface area contributed by atoms with Crippen LogP contribution in [0.15, 0.2) is 66.7 Å². The lowest BCUT2D eigenvalue weighted by Gasteiger charge is -2.09. The number of rotatable bonds is 8. The molecule has 3 aromatic rings. The fourth-order valence-corrected chi connectivity index (χ4v) is 2.47. The molecule has 0 fully saturated rings. The van der Waals surface area contributed by atoms with Gasteiger partial charge in [0.05, 0.1) is 13.0 Å². The van der Waals surface area contributed by atoms with Crippen molar-refractivity contribution in [1.82, 2.24) is 10.2 Å². The fourth-order valence-electron chi connectivity index (χ4n) is 2.47. The summed E-state index contributed by atoms with van der Waals surface area (Å²) in [5.74, 6) is 1.65. The minimum Gasteiger partial charge on any atom is -0.493 e. The maximum atomic E-state index is 12.0. The van der Waals surface area contributed by atoms with E-state index >= 15 is 0 Å². The van der Waals surface area contributed by atoms with Gasteiger partial charge >= 0.3 is 0 Å². The van der Waals surface area contributed by atoms with E-state index in [0.717, 1.165) is 5.75 Å². The lowest BCUT2D eigenvalue weighted by Crippen LogP contribution is -2.16. The summed E-state index contributed by atoms with van der Waals surface area (Å²) in [4.78, 5) is 12.0. The van der Waals surface area contributed by atoms with Crippen LogP contribution in [-0.2, 0) is 11.3 Å². The number of nitrogens with zero attached hydrogens (tertiary/aromatic N) is 2. The van der Waals surface area contributed by atoms with Crippen LogP contribution in [0.25, 0.3) is 0 Å². The monoisotopic (exact) mass is 362 g/mol. The number of nitrogens with one attached hydrogen (secondary N) is 2. The van der Waals surface area contributed by atoms with Gasteiger partial charge in [-0.1, -0.05) is 42.5 Å². The molecule has 6 nitrogen and oxygen atoms in total. The predicted octanol–water partition coefficient (Wildman–Crippen LogP) is 3.80. The van der Waals surface area contributed by atoms with Crippen molar-refractivity contribution < 1.29 is 9.53 Å². The number of carbonyl (C=O) groups is 1. The number of carbonyl (C=O) groups excluding carboxylic acids is 1. The van der Waals surface area contributed by atoms with Crippen LogP contribution in [-0.4, -0.2) is 22.7 Å². The van der Waals surface area contributed by atoms with Crippen LogP contribution in [0.3, 0.4) is 0 Å². The Morgan fingerprint density at radius 2 is 1.63 bits per heavy atom. The van der Waals surface area contributed by atoms with Crippen LogP contribution in [0, 0.1) is 6.92 Å². The standard InChI is InChI=1S/C21H22N4O2/c1-16-7-5-6-8-17(16)15-22-19-11-12-20(25-24-19)23-21(26)13-14-27-18-9-3-2-4-10-18/h2-12H,13-15H2,1H3,(H,22,24)(H,23,25,26). The van der Waals surface area contributed by atoms with Crippen molar-refractivity contribution in [3.8, 4) is 5.75 Å². The van der Waals surface area contributed by atoms with E-state index in [-0.39, 0.29) is 12.3 Å². The number of benzene rings is 2. The van der Waals surface area contributed by atoms with Gasteiger partial charge in [-0.25, -0.2) is 0 Å². The number of aryl methyl sites for hydroxylation is 1. The molecule has 1 aromatic heterocycles. The molecule has 0 aliphatic rings. The van der Waals surface area contributed by atoms with Gasteiger partial charge in [0.2, 0.25) is 5.91 Å². The summed E-state index contributed by atoms with van der Waals surface area (Å²) in [5.41, 5.74) is 2.43. The summed E-state index contributed by atoms with van der Waals surface area (Å²) < 4.78 is 5.51. The second-order valence-corrected chi connectivity index (χ2v) is 6.04. The molecule has 0 atom stereocenters. The molecular weight excluding hydrogens is 340 g/mol. The molecule has 0 saturated heterocycles. The Balaban J connectivity index is 1.43. The zero-order chi connectivity index (χ0) is 18.9. The van der Waals surface area contributed by atoms with E-state index in [1.165, 1.54) is 11.1 Å². The number of hydrogen-bond acceptors (Lipinski definition) is 5. The molecule has 1 amide bonds. The molecule has 138 valence electrons. The molecule has 1 heterocycles. The minimum absolute atomic E-state index is 0.166. The number of aromatic nitrogens is 2. The van der Waals surface area contributed by atoms with Crippen LogP contribution >= 0.6 is 0 Å². The summed E-state index contributed by atoms with van der Waals surface area (Å²) in [7, 11) is 0. The first-order valence-electron chi connectivity index (χ1n) is 8.80. The van der Waals surface area contributed by atoms with E-state index in [1.54, 1.807) is 12.1 Å². The maximum Gasteiger partial charge on any atom is 0.229 e. The normalized spacial score (nSPS) is 10.3. The number of ether oxygens (including phenoxy) is 1. The van der Waals surface area contributed by atoms with E-state index in [1.807, 2.05) is 42.5 Å². The second kappa shape index (κ2) is 9.33. The molecule has 6 heteroatoms. The van der Waals surface area contributed by atoms with Gasteiger partial charge in [0.1, 0.15) is 11.6 Å². The van der Waals surface area contributed by atoms with Crippen LogP contribution in [0.2, 0.25) is 0 Å². The summed E-state index contributed by atoms with van der Waals surface area (Å²) in [5, 5.41) is 14.1. The number of amides is 1. The van der Waals surface area contributed by atoms with E-state index in [2.05, 4.69) is 39.9 Å². The molecule has 2 aromatic carbocycles. The molecule has 0 aliphatic heterocycles. The van der Waals surface area contributed by atoms with E-state index in [9.17, 15) is 4.79 Å². The average Bonchev–Trinajstić information content (AvgIpc) is 2.69. The zero-order valence-electron chi connectivity index (χ0n) is 15.2. The summed E-state index contributed by atoms with van der Waals surface area (Å²) >= 11 is 0. The highest BCUT2D eigenvalue weighted by atomic mass is 16.5. The third-order valence-corrected chi connectivity index (χ3v) is 3.99. The predicted molar refractivity (Wildman–Crippen MR) is 106 cm³/mol. The van der Waals surface area contributed by atoms with Crippen molar-refractivity contribution in [3.63, 3.8) is 0 Å². The van der Waals surface area contributed by atoms with Crippen molar-refractivity contribution in [2.75, 3.05) is 17.2 Å². The quantitative estimate of drug-likeness (QED) is 0.637. The second-order valence-electron chi connectivity index (χ2n) is 6.04. The first kappa shape index (κ1) is 18.4. The molecule has 0 saturated carbocycles. The van der Waals surface area contributed by atoms with Crippen LogP contribution < -0.4 is 15.4 Å². The number of anilines is 2. The van der Waals surface area contributed by atoms with Gasteiger partial charge in [-0.2, -0.15) is 0 Å². The first-order chi connectivity index (χ1) is 13.2. The topological polar surface area (TPSA) is 76.1 Å². The highest BCUT2D eigenvalue weighted by molar-refractivity contribution is 5.89. The van der Waals surface area contributed by atoms with E-state index in [4.69, 9.17) is 4.74 Å². The number of para-hydroxylation sites is 1. The van der Waals surface area contributed by atoms with E-state index < -0.39 is 0 Å². The van der Waals surface area contributed by atoms with Crippen molar-refractivity contribution in [3.05, 3.63) is 77.9 Å². The fraction of sp³-hybridized carbons (Fsp3) is 0.190. The summed E-state index contributed by atoms with van der Waals surface area (Å²) in [6, 6.07) is 21.1. The van der Waals surface area contributed by atoms with E-state index in [0.29, 0.717) is 24.8 Å². The Hall–Kier alpha value is -3.41. The lowest BCUT2D eigenvalue weighted by molar-refractivity contribution is -0.116. The van der Waals surface area contributed by atoms with Gasteiger partial charge in [0.25, 0.3) is 0 Å². The first-order valence-corrected chi connectivity index (χ1v) is 8.80. The Labute approximate surface area is 158 Å². The SMILES string of the molecule is Cc1ccccc1CNc1ccc(NC(=O)CCOc2ccccc2)nn1. The highest BCUT2D eigenvalue weighted by Gasteiger charge is 2.05. The van der Waals surface area contributed by atoms with Gasteiger partial charge in [-0.3, -0.25) is 4.79 Å². The Bertz CT molecular complexity index is 867. The Kier molecular flexibility index (Phi) is 6.35. The van der Waals surface area contributed by atoms with Gasteiger partial charge in [-0.05, 0) is 42.3 Å². The molecule has 27 heavy (non-hydrogen) atoms. The van der Waals surface area contributed by atoms with Crippen molar-refractivity contribution in [2.24, 2.45) is 0 Å². The van der Waals surface area contributed by atoms with Gasteiger partial charge < -0.3 is 15.4 Å². The Morgan fingerprint density at radius 3 is 2.37 bits per heavy atom. The lowest BCUT2D eigenvalue weighted by atomic mass is 10.1. The maximum absolute atomic E-state index is 12.0. The third kappa shape index (κ3) is 5.81. The van der Waals surface area contributed by atoms with Gasteiger partial charge in [-0.15, -0.1) is 10.2 Å². The highest BCUT2D eigenvalue weighted by Crippen LogP contribution is 2.12. The Morgan fingerprint density at radius 1 is 0.926 bits per heavy atom. The van der Waals surface area contributed by atoms with Crippen molar-refractivity contribution in [1.29, 1.82) is 0 Å². The minimum atomic E-state index is -0.166. The van der Waals surface area contributed by atoms with Crippen LogP contribution in [0.5, 0.6) is 5.75 Å². The molecule has 0 bridgehead atoms. The molecule has 2 N–H and O–H groups in total. The molecular formula is C21H22N4O2. The van der Waals surface area contributed by atoms with Gasteiger partial charge in [0, 0.05) is 6.54 Å². The smallest absolute Gasteiger partial charge is 0.229 e. The van der Waals surface area contributed by atoms with Crippen LogP contribution in [0.1, 0.15) is 17.5 Å². The van der Waals surface area contributed by atoms with Crippen LogP contribution in [0.4, 0.5) is 11.6 Å². The van der Waals surface area contributed by atoms with Gasteiger partial charge in [0.15, 0.2) is 5.82 Å². The largest absolute Gasteiger partial charge is 0.493 e. The summed E-state index contributed by atoms with van der Waals surface area (Å²) in [6.45, 7) is 3.05. The molecule has 3 rings (SSSR count). The average molecular weight is 362 g/mol. The third-order valence-electron chi connectivity index (χ3n) is 3.99. The van der Waals surface area contributed by atoms with Crippen molar-refractivity contribution in [2.45, 2.75) is 19.9 Å². The zero-order valence-corrected chi connectivity index (χ0v) is 15.2. The molecule has 0 radical (unpaired) electrons. The number of hydrogen-bond donors (Lipinski definition) is 2.